The summed E-state index contributed by atoms with van der Waals surface area (Å²) >= 11 is 8.61. The van der Waals surface area contributed by atoms with Crippen LogP contribution in [0.3, 0.4) is 0 Å². The van der Waals surface area contributed by atoms with Gasteiger partial charge in [-0.25, -0.2) is 0 Å². The van der Waals surface area contributed by atoms with Crippen molar-refractivity contribution in [1.82, 2.24) is 10.6 Å². The third-order valence-electron chi connectivity index (χ3n) is 4.00. The molecule has 0 aliphatic carbocycles. The molecule has 1 aromatic rings. The number of rotatable bonds is 13. The summed E-state index contributed by atoms with van der Waals surface area (Å²) in [4.78, 5) is 23.1. The maximum absolute atomic E-state index is 11.8. The van der Waals surface area contributed by atoms with Crippen molar-refractivity contribution in [3.8, 4) is 5.75 Å². The van der Waals surface area contributed by atoms with E-state index in [1.807, 2.05) is 18.2 Å². The average Bonchev–Trinajstić information content (AvgIpc) is 2.67. The van der Waals surface area contributed by atoms with Crippen molar-refractivity contribution in [2.75, 3.05) is 19.7 Å². The molecule has 0 aromatic heterocycles. The molecule has 2 amide bonds. The molecule has 1 unspecified atom stereocenters. The number of unbranched alkanes of at least 4 members (excludes halogenated alkanes) is 2. The van der Waals surface area contributed by atoms with E-state index in [9.17, 15) is 9.59 Å². The molecule has 1 atom stereocenters. The van der Waals surface area contributed by atoms with Gasteiger partial charge >= 0.3 is 0 Å². The highest BCUT2D eigenvalue weighted by atomic mass is 32.1. The fraction of sp³-hybridized carbons (Fsp3) is 0.579. The van der Waals surface area contributed by atoms with Crippen LogP contribution in [0.4, 0.5) is 0 Å². The molecule has 0 spiro atoms. The number of benzene rings is 1. The molecule has 8 heteroatoms. The largest absolute Gasteiger partial charge is 0.492 e. The summed E-state index contributed by atoms with van der Waals surface area (Å²) in [7, 11) is 0. The molecule has 27 heavy (non-hydrogen) atoms. The van der Waals surface area contributed by atoms with Gasteiger partial charge in [-0.05, 0) is 43.0 Å². The zero-order valence-electron chi connectivity index (χ0n) is 15.9. The standard InChI is InChI=1S/C19H31N3O3S2/c1-14(20)19(24)22-8-4-2-3-5-18(23)21-9-10-25-17-7-6-15(12-26)16(11-17)13-27/h6-7,11,14,26-27H,2-5,8-10,12-13,20H2,1H3,(H,21,23)(H,22,24). The fourth-order valence-corrected chi connectivity index (χ4v) is 3.00. The van der Waals surface area contributed by atoms with E-state index >= 15 is 0 Å². The van der Waals surface area contributed by atoms with Gasteiger partial charge in [0.1, 0.15) is 12.4 Å². The number of ether oxygens (including phenoxy) is 1. The van der Waals surface area contributed by atoms with Crippen molar-refractivity contribution < 1.29 is 14.3 Å². The number of carbonyl (C=O) groups is 2. The van der Waals surface area contributed by atoms with Crippen LogP contribution < -0.4 is 21.1 Å². The van der Waals surface area contributed by atoms with E-state index < -0.39 is 6.04 Å². The van der Waals surface area contributed by atoms with E-state index in [1.54, 1.807) is 6.92 Å². The minimum Gasteiger partial charge on any atom is -0.492 e. The summed E-state index contributed by atoms with van der Waals surface area (Å²) < 4.78 is 5.67. The molecule has 0 heterocycles. The minimum absolute atomic E-state index is 0.0136. The highest BCUT2D eigenvalue weighted by Gasteiger charge is 2.06. The Labute approximate surface area is 172 Å². The maximum atomic E-state index is 11.8. The fourth-order valence-electron chi connectivity index (χ4n) is 2.40. The van der Waals surface area contributed by atoms with Crippen molar-refractivity contribution in [2.45, 2.75) is 50.2 Å². The Hall–Kier alpha value is -1.38. The first kappa shape index (κ1) is 23.7. The monoisotopic (exact) mass is 413 g/mol. The molecule has 152 valence electrons. The Morgan fingerprint density at radius 3 is 2.48 bits per heavy atom. The first-order valence-electron chi connectivity index (χ1n) is 9.24. The van der Waals surface area contributed by atoms with Crippen molar-refractivity contribution in [3.63, 3.8) is 0 Å². The minimum atomic E-state index is -0.483. The summed E-state index contributed by atoms with van der Waals surface area (Å²) in [5.74, 6) is 1.95. The van der Waals surface area contributed by atoms with Gasteiger partial charge < -0.3 is 21.1 Å². The van der Waals surface area contributed by atoms with E-state index in [1.165, 1.54) is 0 Å². The number of hydrogen-bond acceptors (Lipinski definition) is 6. The number of thiol groups is 2. The molecule has 4 N–H and O–H groups in total. The van der Waals surface area contributed by atoms with Gasteiger partial charge in [-0.3, -0.25) is 9.59 Å². The second kappa shape index (κ2) is 13.7. The molecule has 0 saturated heterocycles. The second-order valence-corrected chi connectivity index (χ2v) is 6.97. The van der Waals surface area contributed by atoms with Gasteiger partial charge in [0.25, 0.3) is 0 Å². The van der Waals surface area contributed by atoms with Crippen LogP contribution in [0.5, 0.6) is 5.75 Å². The SMILES string of the molecule is CC(N)C(=O)NCCCCCC(=O)NCCOc1ccc(CS)c(CS)c1. The third kappa shape index (κ3) is 9.93. The van der Waals surface area contributed by atoms with Crippen LogP contribution in [0, 0.1) is 0 Å². The van der Waals surface area contributed by atoms with Gasteiger partial charge in [0.15, 0.2) is 0 Å². The normalized spacial score (nSPS) is 11.7. The van der Waals surface area contributed by atoms with Crippen LogP contribution in [-0.4, -0.2) is 37.6 Å². The molecule has 0 aliphatic rings. The van der Waals surface area contributed by atoms with Gasteiger partial charge in [0, 0.05) is 24.5 Å². The summed E-state index contributed by atoms with van der Waals surface area (Å²) in [5, 5.41) is 5.60. The lowest BCUT2D eigenvalue weighted by atomic mass is 10.1. The molecule has 1 aromatic carbocycles. The first-order valence-corrected chi connectivity index (χ1v) is 10.5. The topological polar surface area (TPSA) is 93.5 Å². The molecule has 0 aliphatic heterocycles. The van der Waals surface area contributed by atoms with Crippen LogP contribution in [0.2, 0.25) is 0 Å². The molecule has 0 fully saturated rings. The summed E-state index contributed by atoms with van der Waals surface area (Å²) in [5.41, 5.74) is 7.71. The Balaban J connectivity index is 2.10. The lowest BCUT2D eigenvalue weighted by Crippen LogP contribution is -2.38. The molecule has 1 rings (SSSR count). The van der Waals surface area contributed by atoms with E-state index in [0.29, 0.717) is 37.6 Å². The highest BCUT2D eigenvalue weighted by molar-refractivity contribution is 7.79. The number of nitrogens with two attached hydrogens (primary N) is 1. The number of nitrogens with one attached hydrogen (secondary N) is 2. The molecule has 0 saturated carbocycles. The highest BCUT2D eigenvalue weighted by Crippen LogP contribution is 2.20. The number of amides is 2. The van der Waals surface area contributed by atoms with Crippen LogP contribution >= 0.6 is 25.3 Å². The quantitative estimate of drug-likeness (QED) is 0.253. The van der Waals surface area contributed by atoms with Gasteiger partial charge in [-0.2, -0.15) is 25.3 Å². The summed E-state index contributed by atoms with van der Waals surface area (Å²) in [6.45, 7) is 3.13. The molecule has 6 nitrogen and oxygen atoms in total. The van der Waals surface area contributed by atoms with Crippen molar-refractivity contribution in [2.24, 2.45) is 5.73 Å². The molecule has 0 radical (unpaired) electrons. The first-order chi connectivity index (χ1) is 13.0. The second-order valence-electron chi connectivity index (χ2n) is 6.34. The zero-order chi connectivity index (χ0) is 20.1. The van der Waals surface area contributed by atoms with E-state index in [4.69, 9.17) is 10.5 Å². The predicted octanol–water partition coefficient (Wildman–Crippen LogP) is 2.06. The lowest BCUT2D eigenvalue weighted by Gasteiger charge is -2.11. The number of carbonyl (C=O) groups excluding carboxylic acids is 2. The van der Waals surface area contributed by atoms with Gasteiger partial charge in [-0.1, -0.05) is 12.5 Å². The maximum Gasteiger partial charge on any atom is 0.236 e. The van der Waals surface area contributed by atoms with Crippen LogP contribution in [0.1, 0.15) is 43.7 Å². The van der Waals surface area contributed by atoms with Crippen LogP contribution in [0.15, 0.2) is 18.2 Å². The summed E-state index contributed by atoms with van der Waals surface area (Å²) in [6, 6.07) is 5.38. The zero-order valence-corrected chi connectivity index (χ0v) is 17.7. The average molecular weight is 414 g/mol. The van der Waals surface area contributed by atoms with Gasteiger partial charge in [0.2, 0.25) is 11.8 Å². The van der Waals surface area contributed by atoms with Crippen molar-refractivity contribution in [1.29, 1.82) is 0 Å². The number of hydrogen-bond donors (Lipinski definition) is 5. The van der Waals surface area contributed by atoms with Gasteiger partial charge in [-0.15, -0.1) is 0 Å². The third-order valence-corrected chi connectivity index (χ3v) is 4.69. The van der Waals surface area contributed by atoms with Crippen LogP contribution in [0.25, 0.3) is 0 Å². The molecular formula is C19H31N3O3S2. The van der Waals surface area contributed by atoms with E-state index in [-0.39, 0.29) is 11.8 Å². The smallest absolute Gasteiger partial charge is 0.236 e. The predicted molar refractivity (Wildman–Crippen MR) is 115 cm³/mol. The Kier molecular flexibility index (Phi) is 12.0. The van der Waals surface area contributed by atoms with E-state index in [2.05, 4.69) is 35.9 Å². The van der Waals surface area contributed by atoms with E-state index in [0.717, 1.165) is 36.1 Å². The Bertz CT molecular complexity index is 598. The molecule has 0 bridgehead atoms. The van der Waals surface area contributed by atoms with Crippen molar-refractivity contribution in [3.05, 3.63) is 29.3 Å². The Morgan fingerprint density at radius 2 is 1.81 bits per heavy atom. The lowest BCUT2D eigenvalue weighted by molar-refractivity contribution is -0.122. The van der Waals surface area contributed by atoms with Gasteiger partial charge in [0.05, 0.1) is 12.6 Å². The Morgan fingerprint density at radius 1 is 1.07 bits per heavy atom. The van der Waals surface area contributed by atoms with Crippen LogP contribution in [-0.2, 0) is 21.1 Å². The van der Waals surface area contributed by atoms with Crippen molar-refractivity contribution >= 4 is 37.1 Å². The summed E-state index contributed by atoms with van der Waals surface area (Å²) in [6.07, 6.45) is 2.98. The molecular weight excluding hydrogens is 382 g/mol.